The average Bonchev–Trinajstić information content (AvgIpc) is 2.66. The Hall–Kier alpha value is -1.10. The monoisotopic (exact) mass is 240 g/mol. The number of hydrogen-bond acceptors (Lipinski definition) is 4. The Labute approximate surface area is 102 Å². The summed E-state index contributed by atoms with van der Waals surface area (Å²) in [6, 6.07) is 0. The van der Waals surface area contributed by atoms with Gasteiger partial charge in [-0.25, -0.2) is 0 Å². The predicted molar refractivity (Wildman–Crippen MR) is 65.5 cm³/mol. The summed E-state index contributed by atoms with van der Waals surface area (Å²) in [5.74, 6) is -0.336. The van der Waals surface area contributed by atoms with Gasteiger partial charge in [0.25, 0.3) is 0 Å². The van der Waals surface area contributed by atoms with E-state index >= 15 is 0 Å². The van der Waals surface area contributed by atoms with Crippen LogP contribution in [0.25, 0.3) is 0 Å². The van der Waals surface area contributed by atoms with Crippen LogP contribution < -0.4 is 0 Å². The lowest BCUT2D eigenvalue weighted by molar-refractivity contribution is -0.147. The van der Waals surface area contributed by atoms with Gasteiger partial charge in [-0.3, -0.25) is 0 Å². The molecule has 0 bridgehead atoms. The summed E-state index contributed by atoms with van der Waals surface area (Å²) in [5, 5.41) is 19.1. The Morgan fingerprint density at radius 2 is 1.82 bits per heavy atom. The van der Waals surface area contributed by atoms with Crippen molar-refractivity contribution in [3.8, 4) is 0 Å². The maximum absolute atomic E-state index is 9.87. The third-order valence-electron chi connectivity index (χ3n) is 3.01. The minimum Gasteiger partial charge on any atom is -0.515 e. The third-order valence-corrected chi connectivity index (χ3v) is 3.01. The highest BCUT2D eigenvalue weighted by Crippen LogP contribution is 2.35. The molecule has 2 atom stereocenters. The Morgan fingerprint density at radius 1 is 1.24 bits per heavy atom. The fourth-order valence-corrected chi connectivity index (χ4v) is 2.11. The normalized spacial score (nSPS) is 21.6. The van der Waals surface area contributed by atoms with Crippen LogP contribution in [0.4, 0.5) is 0 Å². The molecule has 17 heavy (non-hydrogen) atoms. The number of methoxy groups -OCH3 is 2. The summed E-state index contributed by atoms with van der Waals surface area (Å²) in [6.45, 7) is 3.58. The van der Waals surface area contributed by atoms with E-state index in [0.717, 1.165) is 23.0 Å². The number of allylic oxidation sites excluding steroid dienone is 4. The second kappa shape index (κ2) is 6.00. The molecule has 4 nitrogen and oxygen atoms in total. The highest BCUT2D eigenvalue weighted by Gasteiger charge is 2.33. The molecule has 0 radical (unpaired) electrons. The van der Waals surface area contributed by atoms with Crippen LogP contribution >= 0.6 is 0 Å². The fraction of sp³-hybridized carbons (Fsp3) is 0.538. The first-order valence-electron chi connectivity index (χ1n) is 5.54. The fourth-order valence-electron chi connectivity index (χ4n) is 2.11. The standard InChI is InChI=1S/C13H20O4/c1-8-5-6-10(11(8)7-14)12(9(2)15)13(16-3)17-4/h5-7,9,12-15H,1-4H3/b11-7-. The summed E-state index contributed by atoms with van der Waals surface area (Å²) in [7, 11) is 3.06. The van der Waals surface area contributed by atoms with Gasteiger partial charge in [0, 0.05) is 19.8 Å². The molecule has 0 fully saturated rings. The predicted octanol–water partition coefficient (Wildman–Crippen LogP) is 1.93. The topological polar surface area (TPSA) is 58.9 Å². The molecule has 2 unspecified atom stereocenters. The molecule has 1 aliphatic carbocycles. The van der Waals surface area contributed by atoms with Crippen LogP contribution in [0.5, 0.6) is 0 Å². The van der Waals surface area contributed by atoms with Crippen LogP contribution in [0.15, 0.2) is 35.1 Å². The van der Waals surface area contributed by atoms with Gasteiger partial charge in [0.1, 0.15) is 0 Å². The van der Waals surface area contributed by atoms with Gasteiger partial charge in [-0.15, -0.1) is 0 Å². The first-order chi connectivity index (χ1) is 8.06. The van der Waals surface area contributed by atoms with Gasteiger partial charge in [0.15, 0.2) is 6.29 Å². The van der Waals surface area contributed by atoms with Gasteiger partial charge in [0.2, 0.25) is 0 Å². The molecule has 0 saturated heterocycles. The minimum absolute atomic E-state index is 0.336. The zero-order chi connectivity index (χ0) is 13.0. The van der Waals surface area contributed by atoms with Gasteiger partial charge in [-0.1, -0.05) is 12.2 Å². The molecule has 4 heteroatoms. The van der Waals surface area contributed by atoms with Crippen LogP contribution in [0, 0.1) is 5.92 Å². The number of hydrogen-bond donors (Lipinski definition) is 2. The van der Waals surface area contributed by atoms with E-state index in [1.54, 1.807) is 6.92 Å². The lowest BCUT2D eigenvalue weighted by Gasteiger charge is -2.29. The van der Waals surface area contributed by atoms with E-state index in [0.29, 0.717) is 0 Å². The van der Waals surface area contributed by atoms with E-state index < -0.39 is 12.4 Å². The minimum atomic E-state index is -0.639. The number of aliphatic hydroxyl groups is 2. The molecule has 0 saturated carbocycles. The van der Waals surface area contributed by atoms with Crippen LogP contribution in [0.1, 0.15) is 13.8 Å². The Bertz CT molecular complexity index is 348. The molecular formula is C13H20O4. The first kappa shape index (κ1) is 14.0. The van der Waals surface area contributed by atoms with E-state index in [-0.39, 0.29) is 5.92 Å². The van der Waals surface area contributed by atoms with E-state index in [2.05, 4.69) is 0 Å². The molecule has 0 aromatic heterocycles. The summed E-state index contributed by atoms with van der Waals surface area (Å²) in [6.07, 6.45) is 3.65. The Balaban J connectivity index is 3.02. The van der Waals surface area contributed by atoms with Gasteiger partial charge < -0.3 is 19.7 Å². The quantitative estimate of drug-likeness (QED) is 0.569. The summed E-state index contributed by atoms with van der Waals surface area (Å²) >= 11 is 0. The highest BCUT2D eigenvalue weighted by molar-refractivity contribution is 5.54. The second-order valence-electron chi connectivity index (χ2n) is 4.12. The summed E-state index contributed by atoms with van der Waals surface area (Å²) in [4.78, 5) is 0. The maximum atomic E-state index is 9.87. The van der Waals surface area contributed by atoms with E-state index in [1.165, 1.54) is 14.2 Å². The molecule has 0 aromatic carbocycles. The lowest BCUT2D eigenvalue weighted by atomic mass is 9.88. The van der Waals surface area contributed by atoms with Crippen molar-refractivity contribution >= 4 is 0 Å². The number of aliphatic hydroxyl groups excluding tert-OH is 2. The molecule has 0 amide bonds. The van der Waals surface area contributed by atoms with E-state index in [1.807, 2.05) is 19.1 Å². The van der Waals surface area contributed by atoms with Crippen molar-refractivity contribution in [2.75, 3.05) is 14.2 Å². The molecule has 96 valence electrons. The third kappa shape index (κ3) is 2.77. The van der Waals surface area contributed by atoms with Crippen molar-refractivity contribution in [3.63, 3.8) is 0 Å². The summed E-state index contributed by atoms with van der Waals surface area (Å²) < 4.78 is 10.4. The van der Waals surface area contributed by atoms with Crippen molar-refractivity contribution in [2.24, 2.45) is 5.92 Å². The SMILES string of the molecule is COC(OC)C(C1=CC=C(C)/C1=C/O)C(C)O. The van der Waals surface area contributed by atoms with Crippen molar-refractivity contribution in [2.45, 2.75) is 26.2 Å². The van der Waals surface area contributed by atoms with E-state index in [9.17, 15) is 10.2 Å². The molecule has 0 aliphatic heterocycles. The smallest absolute Gasteiger partial charge is 0.166 e. The zero-order valence-electron chi connectivity index (χ0n) is 10.7. The molecule has 0 heterocycles. The lowest BCUT2D eigenvalue weighted by Crippen LogP contribution is -2.34. The molecule has 1 rings (SSSR count). The summed E-state index contributed by atoms with van der Waals surface area (Å²) in [5.41, 5.74) is 2.50. The van der Waals surface area contributed by atoms with Crippen molar-refractivity contribution in [3.05, 3.63) is 35.1 Å². The van der Waals surface area contributed by atoms with Crippen LogP contribution in [-0.4, -0.2) is 36.8 Å². The van der Waals surface area contributed by atoms with Crippen LogP contribution in [-0.2, 0) is 9.47 Å². The Kier molecular flexibility index (Phi) is 4.93. The van der Waals surface area contributed by atoms with Gasteiger partial charge in [0.05, 0.1) is 18.3 Å². The highest BCUT2D eigenvalue weighted by atomic mass is 16.7. The largest absolute Gasteiger partial charge is 0.515 e. The van der Waals surface area contributed by atoms with Crippen LogP contribution in [0.2, 0.25) is 0 Å². The van der Waals surface area contributed by atoms with Crippen molar-refractivity contribution in [1.82, 2.24) is 0 Å². The van der Waals surface area contributed by atoms with Crippen molar-refractivity contribution in [1.29, 1.82) is 0 Å². The molecule has 0 spiro atoms. The Morgan fingerprint density at radius 3 is 2.24 bits per heavy atom. The molecule has 0 aromatic rings. The van der Waals surface area contributed by atoms with Crippen molar-refractivity contribution < 1.29 is 19.7 Å². The number of rotatable bonds is 5. The molecule has 2 N–H and O–H groups in total. The van der Waals surface area contributed by atoms with Gasteiger partial charge >= 0.3 is 0 Å². The van der Waals surface area contributed by atoms with Crippen LogP contribution in [0.3, 0.4) is 0 Å². The molecule has 1 aliphatic rings. The molecular weight excluding hydrogens is 220 g/mol. The van der Waals surface area contributed by atoms with E-state index in [4.69, 9.17) is 9.47 Å². The maximum Gasteiger partial charge on any atom is 0.166 e. The van der Waals surface area contributed by atoms with Gasteiger partial charge in [-0.05, 0) is 25.0 Å². The zero-order valence-corrected chi connectivity index (χ0v) is 10.7. The second-order valence-corrected chi connectivity index (χ2v) is 4.12. The first-order valence-corrected chi connectivity index (χ1v) is 5.54. The van der Waals surface area contributed by atoms with Gasteiger partial charge in [-0.2, -0.15) is 0 Å². The average molecular weight is 240 g/mol. The number of ether oxygens (including phenoxy) is 2.